The first-order valence-corrected chi connectivity index (χ1v) is 7.59. The first-order chi connectivity index (χ1) is 9.96. The molecule has 1 aromatic heterocycles. The summed E-state index contributed by atoms with van der Waals surface area (Å²) in [4.78, 5) is 4.24. The number of hydrogen-bond donors (Lipinski definition) is 0. The van der Waals surface area contributed by atoms with Crippen molar-refractivity contribution in [2.75, 3.05) is 6.61 Å². The summed E-state index contributed by atoms with van der Waals surface area (Å²) in [6.45, 7) is 0.464. The van der Waals surface area contributed by atoms with Crippen LogP contribution in [0.2, 0.25) is 0 Å². The Hall–Kier alpha value is -1.43. The molecule has 2 rings (SSSR count). The molecule has 1 aliphatic carbocycles. The maximum absolute atomic E-state index is 12.2. The molecule has 0 saturated heterocycles. The van der Waals surface area contributed by atoms with Gasteiger partial charge in [-0.05, 0) is 19.4 Å². The van der Waals surface area contributed by atoms with Gasteiger partial charge in [-0.1, -0.05) is 24.3 Å². The second kappa shape index (κ2) is 7.02. The van der Waals surface area contributed by atoms with Crippen LogP contribution >= 0.6 is 11.8 Å². The molecule has 1 atom stereocenters. The van der Waals surface area contributed by atoms with Crippen LogP contribution in [0.3, 0.4) is 0 Å². The van der Waals surface area contributed by atoms with E-state index in [2.05, 4.69) is 17.1 Å². The van der Waals surface area contributed by atoms with Crippen LogP contribution in [0.15, 0.2) is 36.6 Å². The third kappa shape index (κ3) is 5.12. The van der Waals surface area contributed by atoms with Crippen molar-refractivity contribution in [3.63, 3.8) is 0 Å². The number of hydrogen-bond acceptors (Lipinski definition) is 3. The molecule has 1 heterocycles. The Kier molecular flexibility index (Phi) is 5.33. The van der Waals surface area contributed by atoms with Crippen molar-refractivity contribution in [2.45, 2.75) is 30.5 Å². The highest BCUT2D eigenvalue weighted by atomic mass is 32.2. The maximum Gasteiger partial charge on any atom is 0.422 e. The van der Waals surface area contributed by atoms with Gasteiger partial charge in [0.05, 0.1) is 5.69 Å². The maximum atomic E-state index is 12.2. The van der Waals surface area contributed by atoms with Gasteiger partial charge in [-0.15, -0.1) is 11.8 Å². The monoisotopic (exact) mass is 315 g/mol. The van der Waals surface area contributed by atoms with Crippen molar-refractivity contribution >= 4 is 11.8 Å². The largest absolute Gasteiger partial charge is 0.484 e. The summed E-state index contributed by atoms with van der Waals surface area (Å²) in [5.41, 5.74) is 1.44. The smallest absolute Gasteiger partial charge is 0.422 e. The third-order valence-corrected chi connectivity index (χ3v) is 4.24. The first kappa shape index (κ1) is 15.9. The number of rotatable bonds is 5. The second-order valence-electron chi connectivity index (χ2n) is 4.68. The summed E-state index contributed by atoms with van der Waals surface area (Å²) >= 11 is 1.72. The topological polar surface area (TPSA) is 22.1 Å². The standard InChI is InChI=1S/C15H16F3NOS/c1-11-13(9-21-12-5-3-2-4-6-12)19-8-7-14(11)20-10-15(16,17)18/h2-5,7-8,12H,6,9-10H2,1H3. The molecule has 1 aliphatic rings. The molecule has 1 unspecified atom stereocenters. The van der Waals surface area contributed by atoms with E-state index < -0.39 is 12.8 Å². The fourth-order valence-electron chi connectivity index (χ4n) is 1.89. The SMILES string of the molecule is Cc1c(OCC(F)(F)F)ccnc1CSC1C=CC=CC1. The molecular formula is C15H16F3NOS. The minimum absolute atomic E-state index is 0.247. The Morgan fingerprint density at radius 1 is 1.38 bits per heavy atom. The molecule has 1 aromatic rings. The summed E-state index contributed by atoms with van der Waals surface area (Å²) in [6.07, 6.45) is 6.35. The Bertz CT molecular complexity index is 540. The number of aromatic nitrogens is 1. The Labute approximate surface area is 126 Å². The highest BCUT2D eigenvalue weighted by Gasteiger charge is 2.28. The molecule has 0 saturated carbocycles. The fourth-order valence-corrected chi connectivity index (χ4v) is 3.00. The van der Waals surface area contributed by atoms with Crippen molar-refractivity contribution in [2.24, 2.45) is 0 Å². The van der Waals surface area contributed by atoms with Gasteiger partial charge < -0.3 is 4.74 Å². The van der Waals surface area contributed by atoms with Crippen LogP contribution in [-0.2, 0) is 5.75 Å². The summed E-state index contributed by atoms with van der Waals surface area (Å²) in [7, 11) is 0. The fraction of sp³-hybridized carbons (Fsp3) is 0.400. The number of allylic oxidation sites excluding steroid dienone is 3. The lowest BCUT2D eigenvalue weighted by Gasteiger charge is -2.15. The summed E-state index contributed by atoms with van der Waals surface area (Å²) < 4.78 is 41.5. The van der Waals surface area contributed by atoms with E-state index in [1.807, 2.05) is 12.2 Å². The van der Waals surface area contributed by atoms with Gasteiger partial charge in [0.2, 0.25) is 0 Å². The third-order valence-electron chi connectivity index (χ3n) is 3.03. The second-order valence-corrected chi connectivity index (χ2v) is 5.91. The zero-order valence-electron chi connectivity index (χ0n) is 11.6. The molecule has 0 spiro atoms. The molecule has 0 aliphatic heterocycles. The summed E-state index contributed by atoms with van der Waals surface area (Å²) in [5, 5.41) is 0.385. The zero-order valence-corrected chi connectivity index (χ0v) is 12.4. The average molecular weight is 315 g/mol. The number of alkyl halides is 3. The summed E-state index contributed by atoms with van der Waals surface area (Å²) in [5.74, 6) is 0.898. The van der Waals surface area contributed by atoms with Crippen molar-refractivity contribution < 1.29 is 17.9 Å². The van der Waals surface area contributed by atoms with Crippen molar-refractivity contribution in [3.8, 4) is 5.75 Å². The Morgan fingerprint density at radius 3 is 2.86 bits per heavy atom. The van der Waals surface area contributed by atoms with Gasteiger partial charge in [0, 0.05) is 22.8 Å². The quantitative estimate of drug-likeness (QED) is 0.801. The minimum atomic E-state index is -4.33. The highest BCUT2D eigenvalue weighted by molar-refractivity contribution is 7.99. The molecule has 0 amide bonds. The number of thioether (sulfide) groups is 1. The van der Waals surface area contributed by atoms with Gasteiger partial charge in [-0.2, -0.15) is 13.2 Å². The van der Waals surface area contributed by atoms with E-state index in [0.717, 1.165) is 12.1 Å². The molecule has 2 nitrogen and oxygen atoms in total. The number of halogens is 3. The highest BCUT2D eigenvalue weighted by Crippen LogP contribution is 2.28. The molecule has 21 heavy (non-hydrogen) atoms. The lowest BCUT2D eigenvalue weighted by Crippen LogP contribution is -2.19. The normalized spacial score (nSPS) is 18.0. The van der Waals surface area contributed by atoms with Crippen LogP contribution in [0.1, 0.15) is 17.7 Å². The van der Waals surface area contributed by atoms with Gasteiger partial charge in [-0.25, -0.2) is 0 Å². The van der Waals surface area contributed by atoms with Crippen LogP contribution in [0, 0.1) is 6.92 Å². The summed E-state index contributed by atoms with van der Waals surface area (Å²) in [6, 6.07) is 1.47. The predicted octanol–water partition coefficient (Wildman–Crippen LogP) is 4.45. The predicted molar refractivity (Wildman–Crippen MR) is 78.5 cm³/mol. The van der Waals surface area contributed by atoms with Crippen LogP contribution in [0.4, 0.5) is 13.2 Å². The average Bonchev–Trinajstić information content (AvgIpc) is 2.45. The number of pyridine rings is 1. The van der Waals surface area contributed by atoms with Crippen LogP contribution < -0.4 is 4.74 Å². The zero-order chi connectivity index (χ0) is 15.3. The molecule has 0 N–H and O–H groups in total. The van der Waals surface area contributed by atoms with Gasteiger partial charge in [0.1, 0.15) is 5.75 Å². The molecule has 0 fully saturated rings. The van der Waals surface area contributed by atoms with E-state index in [4.69, 9.17) is 4.74 Å². The van der Waals surface area contributed by atoms with E-state index in [-0.39, 0.29) is 5.75 Å². The van der Waals surface area contributed by atoms with Crippen molar-refractivity contribution in [3.05, 3.63) is 47.8 Å². The van der Waals surface area contributed by atoms with Crippen LogP contribution in [0.5, 0.6) is 5.75 Å². The van der Waals surface area contributed by atoms with Gasteiger partial charge >= 0.3 is 6.18 Å². The van der Waals surface area contributed by atoms with Crippen molar-refractivity contribution in [1.82, 2.24) is 4.98 Å². The lowest BCUT2D eigenvalue weighted by atomic mass is 10.2. The van der Waals surface area contributed by atoms with Crippen LogP contribution in [-0.4, -0.2) is 23.0 Å². The van der Waals surface area contributed by atoms with Gasteiger partial charge in [-0.3, -0.25) is 4.98 Å². The van der Waals surface area contributed by atoms with E-state index in [0.29, 0.717) is 16.6 Å². The van der Waals surface area contributed by atoms with E-state index in [1.54, 1.807) is 18.7 Å². The Morgan fingerprint density at radius 2 is 2.19 bits per heavy atom. The van der Waals surface area contributed by atoms with E-state index >= 15 is 0 Å². The lowest BCUT2D eigenvalue weighted by molar-refractivity contribution is -0.153. The van der Waals surface area contributed by atoms with E-state index in [9.17, 15) is 13.2 Å². The first-order valence-electron chi connectivity index (χ1n) is 6.54. The number of nitrogens with zero attached hydrogens (tertiary/aromatic N) is 1. The van der Waals surface area contributed by atoms with Crippen molar-refractivity contribution in [1.29, 1.82) is 0 Å². The molecule has 6 heteroatoms. The minimum Gasteiger partial charge on any atom is -0.484 e. The number of ether oxygens (including phenoxy) is 1. The Balaban J connectivity index is 1.97. The van der Waals surface area contributed by atoms with Gasteiger partial charge in [0.25, 0.3) is 0 Å². The molecular weight excluding hydrogens is 299 g/mol. The molecule has 0 aromatic carbocycles. The van der Waals surface area contributed by atoms with Crippen LogP contribution in [0.25, 0.3) is 0 Å². The molecule has 0 radical (unpaired) electrons. The molecule has 0 bridgehead atoms. The van der Waals surface area contributed by atoms with Gasteiger partial charge in [0.15, 0.2) is 6.61 Å². The molecule has 114 valence electrons. The van der Waals surface area contributed by atoms with E-state index in [1.165, 1.54) is 12.3 Å².